The van der Waals surface area contributed by atoms with Crippen LogP contribution in [0.4, 0.5) is 14.9 Å². The standard InChI is InChI=1S/C8H8ClFN4O/c9-5-3-4(1-2-6(5)10)13-7(11)14-8(12)15/h1-3H,(H5,11,12,13,14,15). The molecule has 0 aromatic heterocycles. The third kappa shape index (κ3) is 3.43. The number of amides is 2. The molecule has 7 heteroatoms. The number of nitrogens with zero attached hydrogens (tertiary/aromatic N) is 1. The third-order valence-corrected chi connectivity index (χ3v) is 1.69. The Hall–Kier alpha value is -1.82. The largest absolute Gasteiger partial charge is 0.369 e. The number of benzene rings is 1. The van der Waals surface area contributed by atoms with E-state index in [9.17, 15) is 9.18 Å². The minimum absolute atomic E-state index is 0.0804. The second kappa shape index (κ2) is 4.61. The van der Waals surface area contributed by atoms with Crippen LogP contribution in [0.15, 0.2) is 23.2 Å². The minimum atomic E-state index is -0.829. The Kier molecular flexibility index (Phi) is 3.46. The van der Waals surface area contributed by atoms with Gasteiger partial charge in [0.15, 0.2) is 0 Å². The van der Waals surface area contributed by atoms with Crippen LogP contribution >= 0.6 is 11.6 Å². The van der Waals surface area contributed by atoms with Gasteiger partial charge in [0.2, 0.25) is 5.96 Å². The minimum Gasteiger partial charge on any atom is -0.369 e. The van der Waals surface area contributed by atoms with Crippen molar-refractivity contribution in [2.24, 2.45) is 16.5 Å². The number of hydrogen-bond donors (Lipinski definition) is 3. The van der Waals surface area contributed by atoms with Gasteiger partial charge in [0.25, 0.3) is 0 Å². The molecule has 0 atom stereocenters. The molecule has 0 fully saturated rings. The molecule has 80 valence electrons. The fourth-order valence-corrected chi connectivity index (χ4v) is 1.02. The van der Waals surface area contributed by atoms with Crippen molar-refractivity contribution in [3.63, 3.8) is 0 Å². The van der Waals surface area contributed by atoms with Crippen molar-refractivity contribution in [2.75, 3.05) is 0 Å². The predicted octanol–water partition coefficient (Wildman–Crippen LogP) is 1.09. The van der Waals surface area contributed by atoms with Crippen molar-refractivity contribution >= 4 is 29.3 Å². The van der Waals surface area contributed by atoms with Gasteiger partial charge in [-0.3, -0.25) is 5.32 Å². The zero-order valence-electron chi connectivity index (χ0n) is 7.50. The molecule has 1 aromatic rings. The lowest BCUT2D eigenvalue weighted by atomic mass is 10.3. The smallest absolute Gasteiger partial charge is 0.318 e. The fraction of sp³-hybridized carbons (Fsp3) is 0. The first-order valence-electron chi connectivity index (χ1n) is 3.84. The number of carbonyl (C=O) groups is 1. The van der Waals surface area contributed by atoms with Gasteiger partial charge in [0, 0.05) is 0 Å². The van der Waals surface area contributed by atoms with Crippen molar-refractivity contribution in [1.29, 1.82) is 0 Å². The van der Waals surface area contributed by atoms with E-state index in [4.69, 9.17) is 23.1 Å². The number of urea groups is 1. The van der Waals surface area contributed by atoms with E-state index < -0.39 is 11.8 Å². The lowest BCUT2D eigenvalue weighted by Crippen LogP contribution is -2.39. The number of primary amides is 1. The zero-order valence-corrected chi connectivity index (χ0v) is 8.25. The molecule has 1 rings (SSSR count). The first-order valence-corrected chi connectivity index (χ1v) is 4.22. The van der Waals surface area contributed by atoms with Crippen LogP contribution in [0.1, 0.15) is 0 Å². The highest BCUT2D eigenvalue weighted by Gasteiger charge is 2.01. The maximum Gasteiger partial charge on any atom is 0.318 e. The lowest BCUT2D eigenvalue weighted by Gasteiger charge is -2.00. The molecule has 5 N–H and O–H groups in total. The number of halogens is 2. The van der Waals surface area contributed by atoms with Crippen LogP contribution in [0, 0.1) is 5.82 Å². The van der Waals surface area contributed by atoms with E-state index in [1.54, 1.807) is 0 Å². The van der Waals surface area contributed by atoms with Crippen LogP contribution in [-0.4, -0.2) is 12.0 Å². The molecule has 15 heavy (non-hydrogen) atoms. The monoisotopic (exact) mass is 230 g/mol. The van der Waals surface area contributed by atoms with Gasteiger partial charge in [0.1, 0.15) is 5.82 Å². The van der Waals surface area contributed by atoms with Gasteiger partial charge in [-0.15, -0.1) is 0 Å². The number of carbonyl (C=O) groups excluding carboxylic acids is 1. The number of hydrogen-bond acceptors (Lipinski definition) is 2. The summed E-state index contributed by atoms with van der Waals surface area (Å²) >= 11 is 5.51. The summed E-state index contributed by atoms with van der Waals surface area (Å²) in [6.07, 6.45) is 0. The summed E-state index contributed by atoms with van der Waals surface area (Å²) < 4.78 is 12.7. The second-order valence-electron chi connectivity index (χ2n) is 2.58. The van der Waals surface area contributed by atoms with Crippen molar-refractivity contribution in [3.8, 4) is 0 Å². The van der Waals surface area contributed by atoms with Crippen LogP contribution in [0.3, 0.4) is 0 Å². The molecule has 2 amide bonds. The Morgan fingerprint density at radius 2 is 2.13 bits per heavy atom. The average Bonchev–Trinajstić information content (AvgIpc) is 2.10. The summed E-state index contributed by atoms with van der Waals surface area (Å²) in [7, 11) is 0. The molecule has 0 aliphatic rings. The van der Waals surface area contributed by atoms with Crippen molar-refractivity contribution in [1.82, 2.24) is 5.32 Å². The van der Waals surface area contributed by atoms with E-state index in [2.05, 4.69) is 10.3 Å². The highest BCUT2D eigenvalue weighted by atomic mass is 35.5. The first kappa shape index (κ1) is 11.3. The molecule has 0 spiro atoms. The van der Waals surface area contributed by atoms with Crippen LogP contribution in [0.5, 0.6) is 0 Å². The normalized spacial score (nSPS) is 11.2. The highest BCUT2D eigenvalue weighted by Crippen LogP contribution is 2.21. The number of aliphatic imine (C=N–C) groups is 1. The van der Waals surface area contributed by atoms with Gasteiger partial charge in [0.05, 0.1) is 10.7 Å². The van der Waals surface area contributed by atoms with Crippen LogP contribution in [-0.2, 0) is 0 Å². The van der Waals surface area contributed by atoms with Gasteiger partial charge < -0.3 is 11.5 Å². The maximum absolute atomic E-state index is 12.7. The summed E-state index contributed by atoms with van der Waals surface area (Å²) in [6, 6.07) is 2.94. The molecule has 0 aliphatic heterocycles. The number of guanidine groups is 1. The maximum atomic E-state index is 12.7. The van der Waals surface area contributed by atoms with E-state index >= 15 is 0 Å². The lowest BCUT2D eigenvalue weighted by molar-refractivity contribution is 0.253. The molecule has 0 unspecified atom stereocenters. The molecule has 0 bridgehead atoms. The molecule has 0 saturated heterocycles. The third-order valence-electron chi connectivity index (χ3n) is 1.40. The molecule has 5 nitrogen and oxygen atoms in total. The van der Waals surface area contributed by atoms with Gasteiger partial charge in [-0.1, -0.05) is 11.6 Å². The fourth-order valence-electron chi connectivity index (χ4n) is 0.848. The Morgan fingerprint density at radius 3 is 2.67 bits per heavy atom. The SMILES string of the molecule is NC(=O)NC(N)=Nc1ccc(F)c(Cl)c1. The molecule has 0 aliphatic carbocycles. The predicted molar refractivity (Wildman–Crippen MR) is 55.4 cm³/mol. The molecular formula is C8H8ClFN4O. The second-order valence-corrected chi connectivity index (χ2v) is 2.99. The van der Waals surface area contributed by atoms with Crippen LogP contribution < -0.4 is 16.8 Å². The highest BCUT2D eigenvalue weighted by molar-refractivity contribution is 6.31. The van der Waals surface area contributed by atoms with Gasteiger partial charge in [-0.2, -0.15) is 0 Å². The van der Waals surface area contributed by atoms with Crippen LogP contribution in [0.25, 0.3) is 0 Å². The van der Waals surface area contributed by atoms with E-state index in [1.807, 2.05) is 0 Å². The summed E-state index contributed by atoms with van der Waals surface area (Å²) in [5.41, 5.74) is 10.4. The Bertz CT molecular complexity index is 421. The molecule has 0 saturated carbocycles. The van der Waals surface area contributed by atoms with Crippen molar-refractivity contribution < 1.29 is 9.18 Å². The van der Waals surface area contributed by atoms with Crippen molar-refractivity contribution in [3.05, 3.63) is 29.0 Å². The quantitative estimate of drug-likeness (QED) is 0.498. The average molecular weight is 231 g/mol. The molecule has 0 radical (unpaired) electrons. The van der Waals surface area contributed by atoms with Crippen molar-refractivity contribution in [2.45, 2.75) is 0 Å². The Morgan fingerprint density at radius 1 is 1.47 bits per heavy atom. The van der Waals surface area contributed by atoms with E-state index in [0.29, 0.717) is 5.69 Å². The Balaban J connectivity index is 2.88. The topological polar surface area (TPSA) is 93.5 Å². The van der Waals surface area contributed by atoms with E-state index in [1.165, 1.54) is 12.1 Å². The van der Waals surface area contributed by atoms with E-state index in [-0.39, 0.29) is 11.0 Å². The zero-order chi connectivity index (χ0) is 11.4. The number of rotatable bonds is 1. The van der Waals surface area contributed by atoms with Crippen LogP contribution in [0.2, 0.25) is 5.02 Å². The van der Waals surface area contributed by atoms with Gasteiger partial charge in [-0.05, 0) is 18.2 Å². The summed E-state index contributed by atoms with van der Waals surface area (Å²) in [4.78, 5) is 14.1. The Labute approximate surface area is 89.9 Å². The summed E-state index contributed by atoms with van der Waals surface area (Å²) in [5, 5.41) is 1.97. The number of nitrogens with one attached hydrogen (secondary N) is 1. The van der Waals surface area contributed by atoms with Gasteiger partial charge in [-0.25, -0.2) is 14.2 Å². The molecular weight excluding hydrogens is 223 g/mol. The van der Waals surface area contributed by atoms with Gasteiger partial charge >= 0.3 is 6.03 Å². The first-order chi connectivity index (χ1) is 6.99. The summed E-state index contributed by atoms with van der Waals surface area (Å²) in [6.45, 7) is 0. The summed E-state index contributed by atoms with van der Waals surface area (Å²) in [5.74, 6) is -0.748. The number of nitrogens with two attached hydrogens (primary N) is 2. The van der Waals surface area contributed by atoms with E-state index in [0.717, 1.165) is 6.07 Å². The molecule has 0 heterocycles. The molecule has 1 aromatic carbocycles.